The normalized spacial score (nSPS) is 23.7. The van der Waals surface area contributed by atoms with Crippen LogP contribution in [0.1, 0.15) is 12.0 Å². The molecule has 2 rings (SSSR count). The Morgan fingerprint density at radius 3 is 2.89 bits per heavy atom. The van der Waals surface area contributed by atoms with Crippen molar-refractivity contribution in [2.45, 2.75) is 18.5 Å². The molecular weight excluding hydrogens is 222 g/mol. The highest BCUT2D eigenvalue weighted by Gasteiger charge is 2.37. The standard InChI is InChI=1S/C15H19N3/c1-2-9-17-15(12-16)8-10-18(13-15)11-14-6-4-3-5-7-14/h2-7,17H,1,8-11,13H2. The summed E-state index contributed by atoms with van der Waals surface area (Å²) in [5.74, 6) is 0. The van der Waals surface area contributed by atoms with Crippen LogP contribution in [0.3, 0.4) is 0 Å². The second-order valence-electron chi connectivity index (χ2n) is 4.81. The topological polar surface area (TPSA) is 39.1 Å². The van der Waals surface area contributed by atoms with E-state index in [-0.39, 0.29) is 0 Å². The lowest BCUT2D eigenvalue weighted by Crippen LogP contribution is -2.46. The zero-order valence-corrected chi connectivity index (χ0v) is 10.6. The Kier molecular flexibility index (Phi) is 4.14. The molecule has 0 spiro atoms. The highest BCUT2D eigenvalue weighted by molar-refractivity contribution is 5.17. The smallest absolute Gasteiger partial charge is 0.121 e. The molecule has 94 valence electrons. The molecule has 18 heavy (non-hydrogen) atoms. The van der Waals surface area contributed by atoms with Gasteiger partial charge in [0.05, 0.1) is 6.07 Å². The Labute approximate surface area is 109 Å². The molecule has 0 radical (unpaired) electrons. The van der Waals surface area contributed by atoms with Crippen LogP contribution in [0.5, 0.6) is 0 Å². The molecule has 1 fully saturated rings. The lowest BCUT2D eigenvalue weighted by Gasteiger charge is -2.22. The fraction of sp³-hybridized carbons (Fsp3) is 0.400. The van der Waals surface area contributed by atoms with Gasteiger partial charge in [-0.2, -0.15) is 5.26 Å². The Morgan fingerprint density at radius 2 is 2.22 bits per heavy atom. The summed E-state index contributed by atoms with van der Waals surface area (Å²) in [6, 6.07) is 12.8. The molecule has 0 aliphatic carbocycles. The fourth-order valence-corrected chi connectivity index (χ4v) is 2.41. The van der Waals surface area contributed by atoms with Crippen LogP contribution in [0.2, 0.25) is 0 Å². The molecule has 1 aromatic carbocycles. The Balaban J connectivity index is 1.95. The molecule has 0 aromatic heterocycles. The summed E-state index contributed by atoms with van der Waals surface area (Å²) in [6.07, 6.45) is 2.68. The third-order valence-corrected chi connectivity index (χ3v) is 3.40. The monoisotopic (exact) mass is 241 g/mol. The van der Waals surface area contributed by atoms with E-state index in [0.717, 1.165) is 26.1 Å². The molecule has 0 amide bonds. The van der Waals surface area contributed by atoms with Gasteiger partial charge in [-0.05, 0) is 12.0 Å². The average molecular weight is 241 g/mol. The van der Waals surface area contributed by atoms with Gasteiger partial charge in [0.1, 0.15) is 5.54 Å². The average Bonchev–Trinajstić information content (AvgIpc) is 2.82. The van der Waals surface area contributed by atoms with Crippen molar-refractivity contribution in [3.05, 3.63) is 48.6 Å². The van der Waals surface area contributed by atoms with Gasteiger partial charge in [0, 0.05) is 26.2 Å². The molecule has 1 aliphatic rings. The van der Waals surface area contributed by atoms with Crippen molar-refractivity contribution in [3.8, 4) is 6.07 Å². The van der Waals surface area contributed by atoms with Crippen LogP contribution in [0.25, 0.3) is 0 Å². The Hall–Kier alpha value is -1.63. The van der Waals surface area contributed by atoms with Crippen LogP contribution >= 0.6 is 0 Å². The van der Waals surface area contributed by atoms with Gasteiger partial charge in [-0.15, -0.1) is 6.58 Å². The number of hydrogen-bond donors (Lipinski definition) is 1. The minimum absolute atomic E-state index is 0.400. The van der Waals surface area contributed by atoms with E-state index < -0.39 is 5.54 Å². The molecule has 1 heterocycles. The maximum Gasteiger partial charge on any atom is 0.121 e. The highest BCUT2D eigenvalue weighted by Crippen LogP contribution is 2.22. The van der Waals surface area contributed by atoms with Gasteiger partial charge in [0.2, 0.25) is 0 Å². The maximum absolute atomic E-state index is 9.35. The lowest BCUT2D eigenvalue weighted by atomic mass is 10.0. The summed E-state index contributed by atoms with van der Waals surface area (Å²) in [4.78, 5) is 2.33. The van der Waals surface area contributed by atoms with E-state index in [1.165, 1.54) is 5.56 Å². The summed E-state index contributed by atoms with van der Waals surface area (Å²) < 4.78 is 0. The van der Waals surface area contributed by atoms with Crippen LogP contribution in [-0.2, 0) is 6.54 Å². The third kappa shape index (κ3) is 2.98. The maximum atomic E-state index is 9.35. The number of rotatable bonds is 5. The minimum Gasteiger partial charge on any atom is -0.296 e. The van der Waals surface area contributed by atoms with Gasteiger partial charge in [0.15, 0.2) is 0 Å². The summed E-state index contributed by atoms with van der Waals surface area (Å²) in [5.41, 5.74) is 0.901. The predicted molar refractivity (Wildman–Crippen MR) is 72.9 cm³/mol. The van der Waals surface area contributed by atoms with E-state index in [1.54, 1.807) is 6.08 Å². The van der Waals surface area contributed by atoms with E-state index in [2.05, 4.69) is 47.1 Å². The lowest BCUT2D eigenvalue weighted by molar-refractivity contribution is 0.306. The van der Waals surface area contributed by atoms with Crippen LogP contribution in [0, 0.1) is 11.3 Å². The van der Waals surface area contributed by atoms with Crippen molar-refractivity contribution < 1.29 is 0 Å². The number of benzene rings is 1. The summed E-state index contributed by atoms with van der Waals surface area (Å²) in [6.45, 7) is 7.04. The molecule has 0 bridgehead atoms. The minimum atomic E-state index is -0.400. The van der Waals surface area contributed by atoms with Gasteiger partial charge in [-0.25, -0.2) is 0 Å². The molecule has 1 saturated heterocycles. The van der Waals surface area contributed by atoms with E-state index in [9.17, 15) is 5.26 Å². The van der Waals surface area contributed by atoms with Gasteiger partial charge < -0.3 is 0 Å². The predicted octanol–water partition coefficient (Wildman–Crippen LogP) is 1.93. The van der Waals surface area contributed by atoms with E-state index in [0.29, 0.717) is 6.54 Å². The number of hydrogen-bond acceptors (Lipinski definition) is 3. The van der Waals surface area contributed by atoms with E-state index >= 15 is 0 Å². The molecule has 1 aromatic rings. The van der Waals surface area contributed by atoms with Crippen molar-refractivity contribution in [2.24, 2.45) is 0 Å². The molecule has 1 N–H and O–H groups in total. The summed E-state index contributed by atoms with van der Waals surface area (Å²) >= 11 is 0. The zero-order valence-electron chi connectivity index (χ0n) is 10.6. The number of nitrogens with zero attached hydrogens (tertiary/aromatic N) is 2. The Morgan fingerprint density at radius 1 is 1.44 bits per heavy atom. The van der Waals surface area contributed by atoms with Gasteiger partial charge >= 0.3 is 0 Å². The van der Waals surface area contributed by atoms with E-state index in [1.807, 2.05) is 6.07 Å². The molecule has 1 unspecified atom stereocenters. The Bertz CT molecular complexity index is 435. The van der Waals surface area contributed by atoms with Crippen molar-refractivity contribution in [1.29, 1.82) is 5.26 Å². The second-order valence-corrected chi connectivity index (χ2v) is 4.81. The number of likely N-dealkylation sites (tertiary alicyclic amines) is 1. The third-order valence-electron chi connectivity index (χ3n) is 3.40. The first-order valence-corrected chi connectivity index (χ1v) is 6.31. The van der Waals surface area contributed by atoms with Gasteiger partial charge in [0.25, 0.3) is 0 Å². The zero-order chi connectivity index (χ0) is 12.8. The molecule has 1 aliphatic heterocycles. The van der Waals surface area contributed by atoms with E-state index in [4.69, 9.17) is 0 Å². The summed E-state index contributed by atoms with van der Waals surface area (Å²) in [5, 5.41) is 12.6. The first kappa shape index (κ1) is 12.8. The van der Waals surface area contributed by atoms with Crippen LogP contribution in [0.15, 0.2) is 43.0 Å². The molecule has 0 saturated carbocycles. The summed E-state index contributed by atoms with van der Waals surface area (Å²) in [7, 11) is 0. The number of nitriles is 1. The van der Waals surface area contributed by atoms with Crippen molar-refractivity contribution in [3.63, 3.8) is 0 Å². The van der Waals surface area contributed by atoms with Crippen molar-refractivity contribution in [1.82, 2.24) is 10.2 Å². The SMILES string of the molecule is C=CCNC1(C#N)CCN(Cc2ccccc2)C1. The largest absolute Gasteiger partial charge is 0.296 e. The van der Waals surface area contributed by atoms with Crippen LogP contribution in [0.4, 0.5) is 0 Å². The van der Waals surface area contributed by atoms with Crippen LogP contribution < -0.4 is 5.32 Å². The highest BCUT2D eigenvalue weighted by atomic mass is 15.2. The first-order chi connectivity index (χ1) is 8.78. The molecule has 3 heteroatoms. The van der Waals surface area contributed by atoms with Gasteiger partial charge in [-0.3, -0.25) is 10.2 Å². The van der Waals surface area contributed by atoms with Crippen molar-refractivity contribution in [2.75, 3.05) is 19.6 Å². The second kappa shape index (κ2) is 5.81. The molecule has 1 atom stereocenters. The van der Waals surface area contributed by atoms with Crippen molar-refractivity contribution >= 4 is 0 Å². The number of nitrogens with one attached hydrogen (secondary N) is 1. The molecular formula is C15H19N3. The van der Waals surface area contributed by atoms with Crippen LogP contribution in [-0.4, -0.2) is 30.1 Å². The molecule has 3 nitrogen and oxygen atoms in total. The first-order valence-electron chi connectivity index (χ1n) is 6.31. The van der Waals surface area contributed by atoms with Gasteiger partial charge in [-0.1, -0.05) is 36.4 Å². The quantitative estimate of drug-likeness (QED) is 0.801. The fourth-order valence-electron chi connectivity index (χ4n) is 2.41.